The Morgan fingerprint density at radius 1 is 1.28 bits per heavy atom. The molecule has 2 aromatic rings. The number of aliphatic hydroxyl groups excluding tert-OH is 1. The smallest absolute Gasteiger partial charge is 0.108 e. The van der Waals surface area contributed by atoms with Crippen LogP contribution in [0.1, 0.15) is 28.1 Å². The third kappa shape index (κ3) is 2.26. The zero-order valence-electron chi connectivity index (χ0n) is 9.77. The van der Waals surface area contributed by atoms with Gasteiger partial charge in [0.1, 0.15) is 6.10 Å². The Bertz CT molecular complexity index is 554. The van der Waals surface area contributed by atoms with Crippen LogP contribution in [0.5, 0.6) is 0 Å². The van der Waals surface area contributed by atoms with Crippen LogP contribution in [-0.2, 0) is 6.42 Å². The van der Waals surface area contributed by atoms with Crippen LogP contribution >= 0.6 is 27.3 Å². The van der Waals surface area contributed by atoms with E-state index in [9.17, 15) is 5.11 Å². The van der Waals surface area contributed by atoms with E-state index in [0.717, 1.165) is 21.6 Å². The summed E-state index contributed by atoms with van der Waals surface area (Å²) in [6.45, 7) is 0.922. The van der Waals surface area contributed by atoms with Gasteiger partial charge in [-0.25, -0.2) is 0 Å². The van der Waals surface area contributed by atoms with E-state index in [1.54, 1.807) is 11.3 Å². The molecule has 94 valence electrons. The molecule has 1 aliphatic heterocycles. The topological polar surface area (TPSA) is 32.3 Å². The maximum Gasteiger partial charge on any atom is 0.108 e. The predicted octanol–water partition coefficient (Wildman–Crippen LogP) is 3.43. The number of hydrogen-bond acceptors (Lipinski definition) is 3. The molecule has 0 bridgehead atoms. The van der Waals surface area contributed by atoms with Gasteiger partial charge in [0.25, 0.3) is 0 Å². The van der Waals surface area contributed by atoms with Gasteiger partial charge in [-0.05, 0) is 52.2 Å². The largest absolute Gasteiger partial charge is 0.386 e. The maximum atomic E-state index is 10.5. The molecule has 0 saturated carbocycles. The number of nitrogens with one attached hydrogen (secondary N) is 1. The summed E-state index contributed by atoms with van der Waals surface area (Å²) >= 11 is 5.03. The van der Waals surface area contributed by atoms with Crippen molar-refractivity contribution in [3.05, 3.63) is 56.2 Å². The average molecular weight is 324 g/mol. The molecule has 2 nitrogen and oxygen atoms in total. The van der Waals surface area contributed by atoms with Crippen molar-refractivity contribution in [1.82, 2.24) is 5.32 Å². The van der Waals surface area contributed by atoms with Gasteiger partial charge in [-0.1, -0.05) is 24.3 Å². The summed E-state index contributed by atoms with van der Waals surface area (Å²) in [6.07, 6.45) is 0.552. The third-order valence-corrected chi connectivity index (χ3v) is 5.04. The van der Waals surface area contributed by atoms with E-state index in [2.05, 4.69) is 39.4 Å². The number of benzene rings is 1. The third-order valence-electron chi connectivity index (χ3n) is 3.35. The summed E-state index contributed by atoms with van der Waals surface area (Å²) in [7, 11) is 0. The predicted molar refractivity (Wildman–Crippen MR) is 77.9 cm³/mol. The van der Waals surface area contributed by atoms with Crippen molar-refractivity contribution in [1.29, 1.82) is 0 Å². The Morgan fingerprint density at radius 3 is 2.89 bits per heavy atom. The lowest BCUT2D eigenvalue weighted by atomic mass is 9.91. The van der Waals surface area contributed by atoms with E-state index < -0.39 is 6.10 Å². The van der Waals surface area contributed by atoms with E-state index in [0.29, 0.717) is 0 Å². The second kappa shape index (κ2) is 5.13. The van der Waals surface area contributed by atoms with Crippen LogP contribution in [-0.4, -0.2) is 11.7 Å². The van der Waals surface area contributed by atoms with Crippen LogP contribution in [0.3, 0.4) is 0 Å². The quantitative estimate of drug-likeness (QED) is 0.887. The Labute approximate surface area is 119 Å². The first-order chi connectivity index (χ1) is 8.75. The van der Waals surface area contributed by atoms with Gasteiger partial charge in [0.05, 0.1) is 9.83 Å². The lowest BCUT2D eigenvalue weighted by Crippen LogP contribution is -2.33. The highest BCUT2D eigenvalue weighted by Crippen LogP contribution is 2.37. The second-order valence-electron chi connectivity index (χ2n) is 4.47. The van der Waals surface area contributed by atoms with Crippen LogP contribution in [0.4, 0.5) is 0 Å². The van der Waals surface area contributed by atoms with Gasteiger partial charge in [-0.2, -0.15) is 0 Å². The maximum absolute atomic E-state index is 10.5. The molecular weight excluding hydrogens is 310 g/mol. The van der Waals surface area contributed by atoms with E-state index in [1.165, 1.54) is 11.1 Å². The van der Waals surface area contributed by atoms with Crippen molar-refractivity contribution in [3.8, 4) is 0 Å². The zero-order valence-corrected chi connectivity index (χ0v) is 12.2. The molecule has 1 aliphatic rings. The monoisotopic (exact) mass is 323 g/mol. The van der Waals surface area contributed by atoms with Crippen molar-refractivity contribution in [3.63, 3.8) is 0 Å². The van der Waals surface area contributed by atoms with Crippen molar-refractivity contribution in [2.75, 3.05) is 6.54 Å². The standard InChI is InChI=1S/C14H14BrNOS/c15-12-6-5-11(18-12)14(17)13-10-4-2-1-3-9(10)7-8-16-13/h1-6,13-14,16-17H,7-8H2. The Balaban J connectivity index is 1.94. The molecule has 2 unspecified atom stereocenters. The minimum absolute atomic E-state index is 0.000463. The highest BCUT2D eigenvalue weighted by Gasteiger charge is 2.27. The SMILES string of the molecule is OC(c1ccc(Br)s1)C1NCCc2ccccc21. The van der Waals surface area contributed by atoms with Crippen molar-refractivity contribution >= 4 is 27.3 Å². The molecule has 2 heterocycles. The van der Waals surface area contributed by atoms with Crippen LogP contribution in [0, 0.1) is 0 Å². The van der Waals surface area contributed by atoms with Gasteiger partial charge in [0.2, 0.25) is 0 Å². The van der Waals surface area contributed by atoms with Gasteiger partial charge in [-0.3, -0.25) is 0 Å². The summed E-state index contributed by atoms with van der Waals surface area (Å²) in [5.41, 5.74) is 2.57. The molecule has 1 aromatic heterocycles. The molecule has 0 radical (unpaired) electrons. The van der Waals surface area contributed by atoms with Gasteiger partial charge in [0, 0.05) is 4.88 Å². The van der Waals surface area contributed by atoms with Gasteiger partial charge < -0.3 is 10.4 Å². The summed E-state index contributed by atoms with van der Waals surface area (Å²) in [5.74, 6) is 0. The second-order valence-corrected chi connectivity index (χ2v) is 6.96. The number of halogens is 1. The molecular formula is C14H14BrNOS. The fraction of sp³-hybridized carbons (Fsp3) is 0.286. The lowest BCUT2D eigenvalue weighted by molar-refractivity contribution is 0.129. The molecule has 0 spiro atoms. The van der Waals surface area contributed by atoms with E-state index in [-0.39, 0.29) is 6.04 Å². The Morgan fingerprint density at radius 2 is 2.11 bits per heavy atom. The molecule has 18 heavy (non-hydrogen) atoms. The van der Waals surface area contributed by atoms with E-state index in [1.807, 2.05) is 18.2 Å². The number of rotatable bonds is 2. The van der Waals surface area contributed by atoms with Crippen LogP contribution in [0.25, 0.3) is 0 Å². The summed E-state index contributed by atoms with van der Waals surface area (Å²) in [4.78, 5) is 0.996. The highest BCUT2D eigenvalue weighted by atomic mass is 79.9. The molecule has 0 fully saturated rings. The average Bonchev–Trinajstić information content (AvgIpc) is 2.84. The zero-order chi connectivity index (χ0) is 12.5. The molecule has 2 N–H and O–H groups in total. The Hall–Kier alpha value is -0.680. The van der Waals surface area contributed by atoms with Crippen molar-refractivity contribution in [2.24, 2.45) is 0 Å². The van der Waals surface area contributed by atoms with Gasteiger partial charge in [-0.15, -0.1) is 11.3 Å². The highest BCUT2D eigenvalue weighted by molar-refractivity contribution is 9.11. The summed E-state index contributed by atoms with van der Waals surface area (Å²) in [6, 6.07) is 12.3. The van der Waals surface area contributed by atoms with Crippen LogP contribution in [0.15, 0.2) is 40.2 Å². The first-order valence-electron chi connectivity index (χ1n) is 6.00. The molecule has 2 atom stereocenters. The first-order valence-corrected chi connectivity index (χ1v) is 7.61. The molecule has 0 saturated heterocycles. The number of aliphatic hydroxyl groups is 1. The van der Waals surface area contributed by atoms with Gasteiger partial charge in [0.15, 0.2) is 0 Å². The number of fused-ring (bicyclic) bond motifs is 1. The normalized spacial score (nSPS) is 20.4. The fourth-order valence-electron chi connectivity index (χ4n) is 2.47. The van der Waals surface area contributed by atoms with E-state index in [4.69, 9.17) is 0 Å². The van der Waals surface area contributed by atoms with Crippen molar-refractivity contribution < 1.29 is 5.11 Å². The molecule has 3 rings (SSSR count). The number of hydrogen-bond donors (Lipinski definition) is 2. The minimum Gasteiger partial charge on any atom is -0.386 e. The van der Waals surface area contributed by atoms with Crippen LogP contribution in [0.2, 0.25) is 0 Å². The summed E-state index contributed by atoms with van der Waals surface area (Å²) in [5, 5.41) is 14.0. The Kier molecular flexibility index (Phi) is 3.52. The molecule has 0 aliphatic carbocycles. The van der Waals surface area contributed by atoms with Crippen molar-refractivity contribution in [2.45, 2.75) is 18.6 Å². The fourth-order valence-corrected chi connectivity index (χ4v) is 3.92. The number of thiophene rings is 1. The molecule has 1 aromatic carbocycles. The van der Waals surface area contributed by atoms with Gasteiger partial charge >= 0.3 is 0 Å². The van der Waals surface area contributed by atoms with Crippen LogP contribution < -0.4 is 5.32 Å². The summed E-state index contributed by atoms with van der Waals surface area (Å²) < 4.78 is 1.06. The van der Waals surface area contributed by atoms with E-state index >= 15 is 0 Å². The minimum atomic E-state index is -0.484. The molecule has 4 heteroatoms. The molecule has 0 amide bonds. The lowest BCUT2D eigenvalue weighted by Gasteiger charge is -2.30. The first kappa shape index (κ1) is 12.4.